The number of esters is 1. The van der Waals surface area contributed by atoms with Crippen molar-refractivity contribution in [3.05, 3.63) is 45.0 Å². The van der Waals surface area contributed by atoms with E-state index in [1.807, 2.05) is 0 Å². The van der Waals surface area contributed by atoms with E-state index in [0.29, 0.717) is 46.2 Å². The molecule has 0 aromatic heterocycles. The summed E-state index contributed by atoms with van der Waals surface area (Å²) in [6.45, 7) is 2.27. The third kappa shape index (κ3) is 4.49. The van der Waals surface area contributed by atoms with Gasteiger partial charge in [0.25, 0.3) is 0 Å². The lowest BCUT2D eigenvalue weighted by atomic mass is 9.91. The average molecular weight is 356 g/mol. The fourth-order valence-corrected chi connectivity index (χ4v) is 3.11. The average Bonchev–Trinajstić information content (AvgIpc) is 2.54. The van der Waals surface area contributed by atoms with Gasteiger partial charge >= 0.3 is 5.97 Å². The van der Waals surface area contributed by atoms with Crippen molar-refractivity contribution >= 4 is 35.1 Å². The van der Waals surface area contributed by atoms with Gasteiger partial charge < -0.3 is 10.1 Å². The minimum absolute atomic E-state index is 0.219. The van der Waals surface area contributed by atoms with E-state index >= 15 is 0 Å². The van der Waals surface area contributed by atoms with Crippen LogP contribution in [0.4, 0.5) is 0 Å². The van der Waals surface area contributed by atoms with E-state index in [9.17, 15) is 9.59 Å². The fraction of sp³-hybridized carbons (Fsp3) is 0.412. The highest BCUT2D eigenvalue weighted by Gasteiger charge is 2.24. The number of hydrogen-bond donors (Lipinski definition) is 1. The van der Waals surface area contributed by atoms with E-state index in [-0.39, 0.29) is 12.5 Å². The van der Waals surface area contributed by atoms with Crippen molar-refractivity contribution in [1.29, 1.82) is 0 Å². The predicted molar refractivity (Wildman–Crippen MR) is 90.4 cm³/mol. The van der Waals surface area contributed by atoms with Crippen molar-refractivity contribution in [2.75, 3.05) is 6.61 Å². The first-order valence-corrected chi connectivity index (χ1v) is 8.40. The summed E-state index contributed by atoms with van der Waals surface area (Å²) in [7, 11) is 0. The Morgan fingerprint density at radius 3 is 2.35 bits per heavy atom. The quantitative estimate of drug-likeness (QED) is 0.810. The van der Waals surface area contributed by atoms with Crippen molar-refractivity contribution in [3.8, 4) is 0 Å². The lowest BCUT2D eigenvalue weighted by molar-refractivity contribution is -0.139. The maximum absolute atomic E-state index is 12.5. The van der Waals surface area contributed by atoms with E-state index < -0.39 is 5.97 Å². The van der Waals surface area contributed by atoms with Crippen molar-refractivity contribution in [2.45, 2.75) is 39.2 Å². The Hall–Kier alpha value is -1.52. The van der Waals surface area contributed by atoms with E-state index in [2.05, 4.69) is 5.32 Å². The number of benzene rings is 1. The largest absolute Gasteiger partial charge is 0.463 e. The Bertz CT molecular complexity index is 620. The monoisotopic (exact) mass is 355 g/mol. The molecule has 0 saturated heterocycles. The molecule has 1 aliphatic carbocycles. The molecular weight excluding hydrogens is 337 g/mol. The molecule has 1 aromatic rings. The van der Waals surface area contributed by atoms with Crippen LogP contribution in [0.3, 0.4) is 0 Å². The molecule has 0 radical (unpaired) electrons. The fourth-order valence-electron chi connectivity index (χ4n) is 2.58. The zero-order valence-electron chi connectivity index (χ0n) is 13.0. The number of carbonyl (C=O) groups excluding carboxylic acids is 2. The van der Waals surface area contributed by atoms with E-state index in [1.165, 1.54) is 0 Å². The minimum Gasteiger partial charge on any atom is -0.463 e. The molecule has 1 aliphatic rings. The van der Waals surface area contributed by atoms with Crippen LogP contribution in [-0.2, 0) is 20.9 Å². The Morgan fingerprint density at radius 2 is 1.74 bits per heavy atom. The van der Waals surface area contributed by atoms with Crippen LogP contribution in [0.1, 0.15) is 38.2 Å². The summed E-state index contributed by atoms with van der Waals surface area (Å²) in [5, 5.41) is 3.81. The second-order valence-electron chi connectivity index (χ2n) is 5.27. The molecule has 124 valence electrons. The topological polar surface area (TPSA) is 55.4 Å². The molecule has 2 rings (SSSR count). The number of nitrogens with one attached hydrogen (secondary N) is 1. The molecule has 1 N–H and O–H groups in total. The van der Waals surface area contributed by atoms with Gasteiger partial charge in [-0.1, -0.05) is 29.3 Å². The second kappa shape index (κ2) is 8.37. The normalized spacial score (nSPS) is 14.6. The van der Waals surface area contributed by atoms with Crippen LogP contribution < -0.4 is 5.32 Å². The molecular formula is C17H19Cl2NO3. The highest BCUT2D eigenvalue weighted by atomic mass is 35.5. The van der Waals surface area contributed by atoms with Gasteiger partial charge in [0.1, 0.15) is 0 Å². The van der Waals surface area contributed by atoms with Gasteiger partial charge in [-0.05, 0) is 44.7 Å². The summed E-state index contributed by atoms with van der Waals surface area (Å²) in [6, 6.07) is 5.19. The molecule has 0 unspecified atom stereocenters. The molecule has 6 heteroatoms. The third-order valence-corrected chi connectivity index (χ3v) is 4.46. The molecule has 0 bridgehead atoms. The first-order valence-electron chi connectivity index (χ1n) is 7.64. The maximum atomic E-state index is 12.5. The SMILES string of the molecule is CCOC(=O)C1=C(C(=O)NCc2c(Cl)cccc2Cl)CCCC1. The molecule has 23 heavy (non-hydrogen) atoms. The van der Waals surface area contributed by atoms with Gasteiger partial charge in [0.05, 0.1) is 6.61 Å². The Labute approximate surface area is 145 Å². The first-order chi connectivity index (χ1) is 11.0. The maximum Gasteiger partial charge on any atom is 0.334 e. The number of hydrogen-bond acceptors (Lipinski definition) is 3. The summed E-state index contributed by atoms with van der Waals surface area (Å²) in [6.07, 6.45) is 2.93. The van der Waals surface area contributed by atoms with Crippen LogP contribution in [-0.4, -0.2) is 18.5 Å². The van der Waals surface area contributed by atoms with Crippen molar-refractivity contribution < 1.29 is 14.3 Å². The molecule has 4 nitrogen and oxygen atoms in total. The third-order valence-electron chi connectivity index (χ3n) is 3.75. The Kier molecular flexibility index (Phi) is 6.48. The highest BCUT2D eigenvalue weighted by molar-refractivity contribution is 6.36. The zero-order valence-corrected chi connectivity index (χ0v) is 14.5. The number of amides is 1. The smallest absolute Gasteiger partial charge is 0.334 e. The van der Waals surface area contributed by atoms with Crippen molar-refractivity contribution in [3.63, 3.8) is 0 Å². The van der Waals surface area contributed by atoms with Crippen LogP contribution in [0.2, 0.25) is 10.0 Å². The van der Waals surface area contributed by atoms with Crippen LogP contribution in [0, 0.1) is 0 Å². The summed E-state index contributed by atoms with van der Waals surface area (Å²) in [5.74, 6) is -0.656. The Morgan fingerprint density at radius 1 is 1.13 bits per heavy atom. The number of ether oxygens (including phenoxy) is 1. The molecule has 0 atom stereocenters. The lowest BCUT2D eigenvalue weighted by Gasteiger charge is -2.19. The Balaban J connectivity index is 2.13. The number of rotatable bonds is 5. The molecule has 0 aliphatic heterocycles. The summed E-state index contributed by atoms with van der Waals surface area (Å²) < 4.78 is 5.04. The van der Waals surface area contributed by atoms with Gasteiger partial charge in [-0.3, -0.25) is 4.79 Å². The molecule has 1 amide bonds. The van der Waals surface area contributed by atoms with Gasteiger partial charge in [0.2, 0.25) is 5.91 Å². The lowest BCUT2D eigenvalue weighted by Crippen LogP contribution is -2.28. The van der Waals surface area contributed by atoms with E-state index in [4.69, 9.17) is 27.9 Å². The van der Waals surface area contributed by atoms with Crippen LogP contribution in [0.25, 0.3) is 0 Å². The van der Waals surface area contributed by atoms with E-state index in [0.717, 1.165) is 12.8 Å². The van der Waals surface area contributed by atoms with Crippen LogP contribution in [0.5, 0.6) is 0 Å². The zero-order chi connectivity index (χ0) is 16.8. The van der Waals surface area contributed by atoms with Gasteiger partial charge in [-0.2, -0.15) is 0 Å². The summed E-state index contributed by atoms with van der Waals surface area (Å²) in [4.78, 5) is 24.4. The van der Waals surface area contributed by atoms with Gasteiger partial charge in [0, 0.05) is 33.3 Å². The molecule has 0 saturated carbocycles. The number of halogens is 2. The number of carbonyl (C=O) groups is 2. The summed E-state index contributed by atoms with van der Waals surface area (Å²) in [5.41, 5.74) is 1.66. The minimum atomic E-state index is -0.395. The van der Waals surface area contributed by atoms with Gasteiger partial charge in [-0.15, -0.1) is 0 Å². The van der Waals surface area contributed by atoms with Crippen LogP contribution in [0.15, 0.2) is 29.3 Å². The van der Waals surface area contributed by atoms with Crippen LogP contribution >= 0.6 is 23.2 Å². The molecule has 0 fully saturated rings. The predicted octanol–water partition coefficient (Wildman–Crippen LogP) is 4.04. The van der Waals surface area contributed by atoms with Gasteiger partial charge in [0.15, 0.2) is 0 Å². The molecule has 0 spiro atoms. The standard InChI is InChI=1S/C17H19Cl2NO3/c1-2-23-17(22)12-7-4-3-6-11(12)16(21)20-10-13-14(18)8-5-9-15(13)19/h5,8-9H,2-4,6-7,10H2,1H3,(H,20,21). The second-order valence-corrected chi connectivity index (χ2v) is 6.08. The van der Waals surface area contributed by atoms with Crippen molar-refractivity contribution in [1.82, 2.24) is 5.32 Å². The summed E-state index contributed by atoms with van der Waals surface area (Å²) >= 11 is 12.2. The first kappa shape index (κ1) is 17.8. The molecule has 0 heterocycles. The van der Waals surface area contributed by atoms with E-state index in [1.54, 1.807) is 25.1 Å². The molecule has 1 aromatic carbocycles. The van der Waals surface area contributed by atoms with Crippen molar-refractivity contribution in [2.24, 2.45) is 0 Å². The highest BCUT2D eigenvalue weighted by Crippen LogP contribution is 2.27. The van der Waals surface area contributed by atoms with Gasteiger partial charge in [-0.25, -0.2) is 4.79 Å².